The van der Waals surface area contributed by atoms with Gasteiger partial charge in [0.1, 0.15) is 0 Å². The summed E-state index contributed by atoms with van der Waals surface area (Å²) in [7, 11) is 0. The minimum atomic E-state index is 0.303. The zero-order chi connectivity index (χ0) is 11.7. The summed E-state index contributed by atoms with van der Waals surface area (Å²) in [5.74, 6) is 1.60. The van der Waals surface area contributed by atoms with E-state index in [0.717, 1.165) is 34.1 Å². The fourth-order valence-electron chi connectivity index (χ4n) is 1.86. The van der Waals surface area contributed by atoms with Crippen molar-refractivity contribution in [1.82, 2.24) is 4.98 Å². The van der Waals surface area contributed by atoms with E-state index in [1.807, 2.05) is 23.7 Å². The summed E-state index contributed by atoms with van der Waals surface area (Å²) in [6, 6.07) is 5.96. The van der Waals surface area contributed by atoms with Gasteiger partial charge < -0.3 is 15.2 Å². The number of rotatable bonds is 3. The molecule has 0 amide bonds. The van der Waals surface area contributed by atoms with Crippen LogP contribution in [0.5, 0.6) is 11.5 Å². The third-order valence-corrected chi connectivity index (χ3v) is 3.57. The van der Waals surface area contributed by atoms with Crippen molar-refractivity contribution in [3.8, 4) is 21.9 Å². The topological polar surface area (TPSA) is 57.4 Å². The SMILES string of the molecule is NCCc1ncsc1-c1ccc2c(c1)OCO2. The molecule has 2 N–H and O–H groups in total. The molecule has 0 spiro atoms. The summed E-state index contributed by atoms with van der Waals surface area (Å²) in [5, 5.41) is 0. The number of nitrogens with two attached hydrogens (primary N) is 1. The van der Waals surface area contributed by atoms with Gasteiger partial charge in [-0.25, -0.2) is 4.98 Å². The summed E-state index contributed by atoms with van der Waals surface area (Å²) < 4.78 is 10.7. The van der Waals surface area contributed by atoms with Crippen molar-refractivity contribution in [2.45, 2.75) is 6.42 Å². The molecule has 0 aliphatic carbocycles. The Morgan fingerprint density at radius 1 is 1.29 bits per heavy atom. The second kappa shape index (κ2) is 4.35. The van der Waals surface area contributed by atoms with E-state index in [4.69, 9.17) is 15.2 Å². The molecule has 0 fully saturated rings. The van der Waals surface area contributed by atoms with Crippen LogP contribution in [0.2, 0.25) is 0 Å². The van der Waals surface area contributed by atoms with Gasteiger partial charge in [0.2, 0.25) is 6.79 Å². The third kappa shape index (κ3) is 1.87. The first kappa shape index (κ1) is 10.6. The lowest BCUT2D eigenvalue weighted by Gasteiger charge is -2.03. The van der Waals surface area contributed by atoms with E-state index in [9.17, 15) is 0 Å². The molecule has 5 heteroatoms. The average molecular weight is 248 g/mol. The van der Waals surface area contributed by atoms with Gasteiger partial charge in [0.05, 0.1) is 16.1 Å². The summed E-state index contributed by atoms with van der Waals surface area (Å²) in [6.07, 6.45) is 0.799. The predicted molar refractivity (Wildman–Crippen MR) is 66.4 cm³/mol. The maximum atomic E-state index is 5.58. The molecule has 0 bridgehead atoms. The van der Waals surface area contributed by atoms with Gasteiger partial charge in [0.25, 0.3) is 0 Å². The predicted octanol–water partition coefficient (Wildman–Crippen LogP) is 2.04. The number of thiazole rings is 1. The van der Waals surface area contributed by atoms with Gasteiger partial charge in [-0.3, -0.25) is 0 Å². The zero-order valence-electron chi connectivity index (χ0n) is 9.18. The minimum Gasteiger partial charge on any atom is -0.454 e. The quantitative estimate of drug-likeness (QED) is 0.903. The standard InChI is InChI=1S/C12H12N2O2S/c13-4-3-9-12(17-6-14-9)8-1-2-10-11(5-8)16-7-15-10/h1-2,5-6H,3-4,7,13H2. The fraction of sp³-hybridized carbons (Fsp3) is 0.250. The highest BCUT2D eigenvalue weighted by Crippen LogP contribution is 2.37. The monoisotopic (exact) mass is 248 g/mol. The van der Waals surface area contributed by atoms with Gasteiger partial charge in [-0.15, -0.1) is 11.3 Å². The Morgan fingerprint density at radius 2 is 2.18 bits per heavy atom. The van der Waals surface area contributed by atoms with Gasteiger partial charge in [-0.05, 0) is 30.3 Å². The van der Waals surface area contributed by atoms with E-state index in [-0.39, 0.29) is 0 Å². The van der Waals surface area contributed by atoms with Gasteiger partial charge in [0.15, 0.2) is 11.5 Å². The first-order valence-electron chi connectivity index (χ1n) is 5.41. The Bertz CT molecular complexity index is 539. The lowest BCUT2D eigenvalue weighted by atomic mass is 10.1. The third-order valence-electron chi connectivity index (χ3n) is 2.66. The second-order valence-corrected chi connectivity index (χ2v) is 4.59. The largest absolute Gasteiger partial charge is 0.454 e. The highest BCUT2D eigenvalue weighted by atomic mass is 32.1. The normalized spacial score (nSPS) is 13.0. The molecule has 17 heavy (non-hydrogen) atoms. The van der Waals surface area contributed by atoms with Crippen molar-refractivity contribution in [3.05, 3.63) is 29.4 Å². The summed E-state index contributed by atoms with van der Waals surface area (Å²) in [4.78, 5) is 5.50. The molecule has 0 saturated carbocycles. The van der Waals surface area contributed by atoms with Crippen molar-refractivity contribution in [2.75, 3.05) is 13.3 Å². The number of fused-ring (bicyclic) bond motifs is 1. The van der Waals surface area contributed by atoms with Gasteiger partial charge in [-0.1, -0.05) is 0 Å². The van der Waals surface area contributed by atoms with Gasteiger partial charge >= 0.3 is 0 Å². The van der Waals surface area contributed by atoms with Crippen molar-refractivity contribution in [3.63, 3.8) is 0 Å². The first-order valence-corrected chi connectivity index (χ1v) is 6.29. The van der Waals surface area contributed by atoms with Crippen molar-refractivity contribution < 1.29 is 9.47 Å². The van der Waals surface area contributed by atoms with E-state index < -0.39 is 0 Å². The highest BCUT2D eigenvalue weighted by molar-refractivity contribution is 7.13. The van der Waals surface area contributed by atoms with Crippen LogP contribution >= 0.6 is 11.3 Å². The highest BCUT2D eigenvalue weighted by Gasteiger charge is 2.16. The molecular formula is C12H12N2O2S. The number of hydrogen-bond acceptors (Lipinski definition) is 5. The van der Waals surface area contributed by atoms with E-state index >= 15 is 0 Å². The minimum absolute atomic E-state index is 0.303. The molecule has 0 radical (unpaired) electrons. The molecule has 1 aromatic carbocycles. The van der Waals surface area contributed by atoms with Gasteiger partial charge in [-0.2, -0.15) is 0 Å². The van der Waals surface area contributed by atoms with Gasteiger partial charge in [0, 0.05) is 6.42 Å². The van der Waals surface area contributed by atoms with Crippen LogP contribution in [0.15, 0.2) is 23.7 Å². The number of benzene rings is 1. The second-order valence-electron chi connectivity index (χ2n) is 3.73. The smallest absolute Gasteiger partial charge is 0.231 e. The van der Waals surface area contributed by atoms with Crippen LogP contribution in [0.25, 0.3) is 10.4 Å². The van der Waals surface area contributed by atoms with E-state index in [2.05, 4.69) is 4.98 Å². The number of hydrogen-bond donors (Lipinski definition) is 1. The van der Waals surface area contributed by atoms with Crippen molar-refractivity contribution >= 4 is 11.3 Å². The summed E-state index contributed by atoms with van der Waals surface area (Å²) in [5.41, 5.74) is 9.59. The summed E-state index contributed by atoms with van der Waals surface area (Å²) in [6.45, 7) is 0.915. The number of nitrogens with zero attached hydrogens (tertiary/aromatic N) is 1. The molecule has 88 valence electrons. The van der Waals surface area contributed by atoms with E-state index in [1.165, 1.54) is 0 Å². The van der Waals surface area contributed by atoms with Crippen molar-refractivity contribution in [1.29, 1.82) is 0 Å². The number of aromatic nitrogens is 1. The average Bonchev–Trinajstić information content (AvgIpc) is 2.96. The summed E-state index contributed by atoms with van der Waals surface area (Å²) >= 11 is 1.63. The lowest BCUT2D eigenvalue weighted by Crippen LogP contribution is -2.03. The van der Waals surface area contributed by atoms with Crippen LogP contribution in [0.4, 0.5) is 0 Å². The molecule has 0 saturated heterocycles. The maximum absolute atomic E-state index is 5.58. The van der Waals surface area contributed by atoms with Crippen LogP contribution < -0.4 is 15.2 Å². The van der Waals surface area contributed by atoms with Crippen LogP contribution in [0.1, 0.15) is 5.69 Å². The Labute approximate surface area is 103 Å². The lowest BCUT2D eigenvalue weighted by molar-refractivity contribution is 0.174. The molecule has 4 nitrogen and oxygen atoms in total. The van der Waals surface area contributed by atoms with Crippen LogP contribution in [0, 0.1) is 0 Å². The molecule has 0 atom stereocenters. The molecule has 2 heterocycles. The van der Waals surface area contributed by atoms with E-state index in [1.54, 1.807) is 11.3 Å². The Morgan fingerprint density at radius 3 is 3.06 bits per heavy atom. The maximum Gasteiger partial charge on any atom is 0.231 e. The van der Waals surface area contributed by atoms with Crippen molar-refractivity contribution in [2.24, 2.45) is 5.73 Å². The molecule has 1 aromatic heterocycles. The molecule has 1 aliphatic heterocycles. The molecular weight excluding hydrogens is 236 g/mol. The van der Waals surface area contributed by atoms with Crippen LogP contribution in [-0.4, -0.2) is 18.3 Å². The molecule has 2 aromatic rings. The Balaban J connectivity index is 2.00. The van der Waals surface area contributed by atoms with E-state index in [0.29, 0.717) is 13.3 Å². The van der Waals surface area contributed by atoms with Crippen LogP contribution in [-0.2, 0) is 6.42 Å². The fourth-order valence-corrected chi connectivity index (χ4v) is 2.70. The molecule has 3 rings (SSSR count). The van der Waals surface area contributed by atoms with Crippen LogP contribution in [0.3, 0.4) is 0 Å². The zero-order valence-corrected chi connectivity index (χ0v) is 10.00. The first-order chi connectivity index (χ1) is 8.38. The Hall–Kier alpha value is -1.59. The molecule has 1 aliphatic rings. The molecule has 0 unspecified atom stereocenters. The Kier molecular flexibility index (Phi) is 2.70. The number of ether oxygens (including phenoxy) is 2.